The maximum Gasteiger partial charge on any atom is 0.237 e. The highest BCUT2D eigenvalue weighted by atomic mass is 16.2. The van der Waals surface area contributed by atoms with E-state index in [0.717, 1.165) is 0 Å². The largest absolute Gasteiger partial charge is 0.352 e. The van der Waals surface area contributed by atoms with E-state index in [2.05, 4.69) is 18.8 Å². The SMILES string of the molecule is C=CCC(N)C(=O)N[C@H](C)C1CCCCC1. The quantitative estimate of drug-likeness (QED) is 0.702. The van der Waals surface area contributed by atoms with Crippen LogP contribution in [0.25, 0.3) is 0 Å². The Balaban J connectivity index is 2.34. The maximum atomic E-state index is 11.7. The third kappa shape index (κ3) is 3.97. The van der Waals surface area contributed by atoms with Crippen molar-refractivity contribution in [2.24, 2.45) is 11.7 Å². The standard InChI is InChI=1S/C13H24N2O/c1-3-7-12(14)13(16)15-10(2)11-8-5-4-6-9-11/h3,10-12H,1,4-9,14H2,2H3,(H,15,16)/t10-,12?/m1/s1. The molecule has 1 amide bonds. The molecule has 1 aliphatic rings. The van der Waals surface area contributed by atoms with E-state index in [0.29, 0.717) is 12.3 Å². The average Bonchev–Trinajstić information content (AvgIpc) is 2.30. The Morgan fingerprint density at radius 2 is 2.12 bits per heavy atom. The van der Waals surface area contributed by atoms with Crippen molar-refractivity contribution < 1.29 is 4.79 Å². The molecule has 0 aromatic heterocycles. The average molecular weight is 224 g/mol. The predicted octanol–water partition coefficient (Wildman–Crippen LogP) is 1.97. The Hall–Kier alpha value is -0.830. The Labute approximate surface area is 98.5 Å². The summed E-state index contributed by atoms with van der Waals surface area (Å²) < 4.78 is 0. The Kier molecular flexibility index (Phi) is 5.53. The minimum atomic E-state index is -0.441. The van der Waals surface area contributed by atoms with Gasteiger partial charge in [0.05, 0.1) is 6.04 Å². The second-order valence-electron chi connectivity index (χ2n) is 4.83. The summed E-state index contributed by atoms with van der Waals surface area (Å²) in [6.07, 6.45) is 8.63. The number of hydrogen-bond donors (Lipinski definition) is 2. The molecule has 1 aliphatic carbocycles. The number of nitrogens with two attached hydrogens (primary N) is 1. The van der Waals surface area contributed by atoms with Crippen LogP contribution in [0.3, 0.4) is 0 Å². The monoisotopic (exact) mass is 224 g/mol. The van der Waals surface area contributed by atoms with Gasteiger partial charge in [0, 0.05) is 6.04 Å². The zero-order valence-corrected chi connectivity index (χ0v) is 10.2. The molecule has 1 rings (SSSR count). The van der Waals surface area contributed by atoms with Crippen LogP contribution in [-0.2, 0) is 4.79 Å². The molecule has 0 spiro atoms. The van der Waals surface area contributed by atoms with Crippen molar-refractivity contribution >= 4 is 5.91 Å². The van der Waals surface area contributed by atoms with Crippen molar-refractivity contribution in [3.05, 3.63) is 12.7 Å². The van der Waals surface area contributed by atoms with Gasteiger partial charge in [-0.15, -0.1) is 6.58 Å². The van der Waals surface area contributed by atoms with E-state index in [4.69, 9.17) is 5.73 Å². The number of carbonyl (C=O) groups is 1. The molecule has 0 aliphatic heterocycles. The van der Waals surface area contributed by atoms with Gasteiger partial charge in [-0.1, -0.05) is 25.3 Å². The Bertz CT molecular complexity index is 234. The van der Waals surface area contributed by atoms with E-state index in [1.165, 1.54) is 32.1 Å². The second kappa shape index (κ2) is 6.69. The third-order valence-corrected chi connectivity index (χ3v) is 3.48. The molecule has 1 unspecified atom stereocenters. The van der Waals surface area contributed by atoms with Gasteiger partial charge in [-0.25, -0.2) is 0 Å². The van der Waals surface area contributed by atoms with Gasteiger partial charge in [0.1, 0.15) is 0 Å². The van der Waals surface area contributed by atoms with Gasteiger partial charge in [-0.2, -0.15) is 0 Å². The number of nitrogens with one attached hydrogen (secondary N) is 1. The highest BCUT2D eigenvalue weighted by Gasteiger charge is 2.22. The number of carbonyl (C=O) groups excluding carboxylic acids is 1. The van der Waals surface area contributed by atoms with Crippen molar-refractivity contribution in [1.82, 2.24) is 5.32 Å². The van der Waals surface area contributed by atoms with Crippen molar-refractivity contribution in [1.29, 1.82) is 0 Å². The van der Waals surface area contributed by atoms with Crippen molar-refractivity contribution in [2.75, 3.05) is 0 Å². The zero-order valence-electron chi connectivity index (χ0n) is 10.2. The van der Waals surface area contributed by atoms with Gasteiger partial charge in [-0.05, 0) is 32.1 Å². The number of rotatable bonds is 5. The fraction of sp³-hybridized carbons (Fsp3) is 0.769. The van der Waals surface area contributed by atoms with Gasteiger partial charge in [0.2, 0.25) is 5.91 Å². The fourth-order valence-corrected chi connectivity index (χ4v) is 2.37. The molecule has 0 radical (unpaired) electrons. The third-order valence-electron chi connectivity index (χ3n) is 3.48. The normalized spacial score (nSPS) is 21.1. The highest BCUT2D eigenvalue weighted by molar-refractivity contribution is 5.81. The Morgan fingerprint density at radius 1 is 1.50 bits per heavy atom. The van der Waals surface area contributed by atoms with Crippen LogP contribution in [0.4, 0.5) is 0 Å². The first kappa shape index (κ1) is 13.2. The van der Waals surface area contributed by atoms with E-state index >= 15 is 0 Å². The molecular weight excluding hydrogens is 200 g/mol. The summed E-state index contributed by atoms with van der Waals surface area (Å²) in [5, 5.41) is 3.02. The molecule has 16 heavy (non-hydrogen) atoms. The van der Waals surface area contributed by atoms with Gasteiger partial charge in [-0.3, -0.25) is 4.79 Å². The van der Waals surface area contributed by atoms with Crippen LogP contribution in [0.1, 0.15) is 45.4 Å². The minimum absolute atomic E-state index is 0.0435. The molecule has 2 atom stereocenters. The number of hydrogen-bond acceptors (Lipinski definition) is 2. The van der Waals surface area contributed by atoms with Gasteiger partial charge >= 0.3 is 0 Å². The van der Waals surface area contributed by atoms with Crippen LogP contribution >= 0.6 is 0 Å². The van der Waals surface area contributed by atoms with E-state index in [9.17, 15) is 4.79 Å². The molecule has 92 valence electrons. The molecule has 3 N–H and O–H groups in total. The fourth-order valence-electron chi connectivity index (χ4n) is 2.37. The molecule has 0 heterocycles. The lowest BCUT2D eigenvalue weighted by atomic mass is 9.84. The highest BCUT2D eigenvalue weighted by Crippen LogP contribution is 2.26. The number of amides is 1. The summed E-state index contributed by atoms with van der Waals surface area (Å²) in [6, 6.07) is -0.188. The molecule has 0 saturated heterocycles. The van der Waals surface area contributed by atoms with Crippen LogP contribution < -0.4 is 11.1 Å². The molecule has 3 heteroatoms. The van der Waals surface area contributed by atoms with E-state index in [1.54, 1.807) is 6.08 Å². The molecular formula is C13H24N2O. The van der Waals surface area contributed by atoms with E-state index in [-0.39, 0.29) is 11.9 Å². The predicted molar refractivity (Wildman–Crippen MR) is 67.0 cm³/mol. The first-order chi connectivity index (χ1) is 7.65. The van der Waals surface area contributed by atoms with Crippen LogP contribution in [0.2, 0.25) is 0 Å². The van der Waals surface area contributed by atoms with Gasteiger partial charge in [0.25, 0.3) is 0 Å². The smallest absolute Gasteiger partial charge is 0.237 e. The Morgan fingerprint density at radius 3 is 2.69 bits per heavy atom. The van der Waals surface area contributed by atoms with Crippen LogP contribution in [0.15, 0.2) is 12.7 Å². The lowest BCUT2D eigenvalue weighted by Crippen LogP contribution is -2.46. The summed E-state index contributed by atoms with van der Waals surface area (Å²) in [5.41, 5.74) is 5.72. The van der Waals surface area contributed by atoms with Crippen molar-refractivity contribution in [3.63, 3.8) is 0 Å². The van der Waals surface area contributed by atoms with Gasteiger partial charge < -0.3 is 11.1 Å². The van der Waals surface area contributed by atoms with Gasteiger partial charge in [0.15, 0.2) is 0 Å². The first-order valence-electron chi connectivity index (χ1n) is 6.32. The van der Waals surface area contributed by atoms with E-state index < -0.39 is 6.04 Å². The van der Waals surface area contributed by atoms with Crippen LogP contribution in [0.5, 0.6) is 0 Å². The summed E-state index contributed by atoms with van der Waals surface area (Å²) in [4.78, 5) is 11.7. The zero-order chi connectivity index (χ0) is 12.0. The molecule has 0 aromatic rings. The topological polar surface area (TPSA) is 55.1 Å². The molecule has 0 bridgehead atoms. The van der Waals surface area contributed by atoms with Crippen LogP contribution in [0, 0.1) is 5.92 Å². The summed E-state index contributed by atoms with van der Waals surface area (Å²) in [7, 11) is 0. The minimum Gasteiger partial charge on any atom is -0.352 e. The van der Waals surface area contributed by atoms with Crippen molar-refractivity contribution in [2.45, 2.75) is 57.5 Å². The second-order valence-corrected chi connectivity index (χ2v) is 4.83. The van der Waals surface area contributed by atoms with Crippen molar-refractivity contribution in [3.8, 4) is 0 Å². The molecule has 0 aromatic carbocycles. The lowest BCUT2D eigenvalue weighted by Gasteiger charge is -2.29. The maximum absolute atomic E-state index is 11.7. The molecule has 3 nitrogen and oxygen atoms in total. The summed E-state index contributed by atoms with van der Waals surface area (Å²) >= 11 is 0. The summed E-state index contributed by atoms with van der Waals surface area (Å²) in [6.45, 7) is 5.68. The van der Waals surface area contributed by atoms with E-state index in [1.807, 2.05) is 0 Å². The lowest BCUT2D eigenvalue weighted by molar-refractivity contribution is -0.123. The summed E-state index contributed by atoms with van der Waals surface area (Å²) in [5.74, 6) is 0.589. The molecule has 1 fully saturated rings. The van der Waals surface area contributed by atoms with Crippen LogP contribution in [-0.4, -0.2) is 18.0 Å². The first-order valence-corrected chi connectivity index (χ1v) is 6.32. The molecule has 1 saturated carbocycles.